The van der Waals surface area contributed by atoms with Gasteiger partial charge in [0.1, 0.15) is 0 Å². The number of thioether (sulfide) groups is 1. The van der Waals surface area contributed by atoms with Gasteiger partial charge in [-0.15, -0.1) is 0 Å². The standard InChI is InChI=1S/C7H9FO3S.Li/c8-7(5(9)10)4-12-3-6(7)1-11-2-6;/h1-4H2,(H,9,10);/q;+1/p-1. The smallest absolute Gasteiger partial charge is 0.547 e. The maximum absolute atomic E-state index is 13.8. The largest absolute Gasteiger partial charge is 1.00 e. The Hall–Kier alpha value is 0.307. The van der Waals surface area contributed by atoms with E-state index in [-0.39, 0.29) is 37.8 Å². The van der Waals surface area contributed by atoms with Crippen LogP contribution in [-0.4, -0.2) is 36.4 Å². The predicted octanol–water partition coefficient (Wildman–Crippen LogP) is -3.79. The second-order valence-corrected chi connectivity index (χ2v) is 4.34. The fourth-order valence-corrected chi connectivity index (χ4v) is 3.18. The molecule has 2 rings (SSSR count). The number of aliphatic carboxylic acids is 1. The van der Waals surface area contributed by atoms with E-state index in [4.69, 9.17) is 4.74 Å². The van der Waals surface area contributed by atoms with Gasteiger partial charge in [0.25, 0.3) is 0 Å². The molecule has 0 aromatic rings. The molecule has 68 valence electrons. The zero-order valence-corrected chi connectivity index (χ0v) is 8.16. The van der Waals surface area contributed by atoms with Crippen LogP contribution in [0, 0.1) is 5.41 Å². The van der Waals surface area contributed by atoms with Gasteiger partial charge in [0.15, 0.2) is 5.67 Å². The fourth-order valence-electron chi connectivity index (χ4n) is 1.59. The summed E-state index contributed by atoms with van der Waals surface area (Å²) in [5.41, 5.74) is -2.97. The maximum atomic E-state index is 13.8. The monoisotopic (exact) mass is 198 g/mol. The second kappa shape index (κ2) is 3.47. The Kier molecular flexibility index (Phi) is 3.03. The van der Waals surface area contributed by atoms with Gasteiger partial charge < -0.3 is 14.6 Å². The molecule has 0 amide bonds. The molecule has 2 fully saturated rings. The number of carboxylic acid groups (broad SMARTS) is 1. The van der Waals surface area contributed by atoms with Crippen molar-refractivity contribution in [2.45, 2.75) is 5.67 Å². The molecule has 0 saturated carbocycles. The van der Waals surface area contributed by atoms with Crippen LogP contribution in [0.4, 0.5) is 4.39 Å². The molecule has 0 aromatic heterocycles. The molecule has 6 heteroatoms. The number of rotatable bonds is 1. The molecular weight excluding hydrogens is 190 g/mol. The fraction of sp³-hybridized carbons (Fsp3) is 0.857. The molecular formula is C7H8FLiO3S. The number of carbonyl (C=O) groups is 1. The minimum Gasteiger partial charge on any atom is -0.547 e. The van der Waals surface area contributed by atoms with Gasteiger partial charge in [0.05, 0.1) is 24.6 Å². The van der Waals surface area contributed by atoms with Gasteiger partial charge in [-0.1, -0.05) is 0 Å². The van der Waals surface area contributed by atoms with Crippen molar-refractivity contribution >= 4 is 17.7 Å². The first-order chi connectivity index (χ1) is 5.61. The van der Waals surface area contributed by atoms with Gasteiger partial charge in [-0.2, -0.15) is 11.8 Å². The molecule has 0 aromatic carbocycles. The van der Waals surface area contributed by atoms with Gasteiger partial charge >= 0.3 is 18.9 Å². The third kappa shape index (κ3) is 1.33. The first-order valence-corrected chi connectivity index (χ1v) is 4.82. The molecule has 2 aliphatic rings. The molecule has 1 atom stereocenters. The zero-order valence-electron chi connectivity index (χ0n) is 7.34. The van der Waals surface area contributed by atoms with Crippen molar-refractivity contribution < 1.29 is 37.9 Å². The van der Waals surface area contributed by atoms with E-state index in [1.165, 1.54) is 11.8 Å². The van der Waals surface area contributed by atoms with Crippen LogP contribution >= 0.6 is 11.8 Å². The average molecular weight is 198 g/mol. The van der Waals surface area contributed by atoms with Crippen molar-refractivity contribution in [1.82, 2.24) is 0 Å². The molecule has 2 heterocycles. The number of halogens is 1. The molecule has 1 unspecified atom stereocenters. The van der Waals surface area contributed by atoms with Crippen molar-refractivity contribution in [3.05, 3.63) is 0 Å². The third-order valence-electron chi connectivity index (χ3n) is 2.60. The zero-order chi connectivity index (χ0) is 8.82. The minimum atomic E-state index is -2.17. The number of alkyl halides is 1. The summed E-state index contributed by atoms with van der Waals surface area (Å²) in [5.74, 6) is -1.06. The van der Waals surface area contributed by atoms with E-state index in [9.17, 15) is 14.3 Å². The molecule has 2 aliphatic heterocycles. The van der Waals surface area contributed by atoms with Crippen molar-refractivity contribution in [3.63, 3.8) is 0 Å². The molecule has 3 nitrogen and oxygen atoms in total. The maximum Gasteiger partial charge on any atom is 1.00 e. The minimum absolute atomic E-state index is 0. The van der Waals surface area contributed by atoms with Gasteiger partial charge in [-0.25, -0.2) is 4.39 Å². The Labute approximate surface area is 91.6 Å². The summed E-state index contributed by atoms with van der Waals surface area (Å²) in [7, 11) is 0. The van der Waals surface area contributed by atoms with Crippen LogP contribution in [0.2, 0.25) is 0 Å². The number of ether oxygens (including phenoxy) is 1. The molecule has 0 radical (unpaired) electrons. The number of carbonyl (C=O) groups excluding carboxylic acids is 1. The van der Waals surface area contributed by atoms with Gasteiger partial charge in [0.2, 0.25) is 0 Å². The summed E-state index contributed by atoms with van der Waals surface area (Å²) in [4.78, 5) is 10.6. The molecule has 0 N–H and O–H groups in total. The first kappa shape index (κ1) is 11.4. The van der Waals surface area contributed by atoms with E-state index >= 15 is 0 Å². The Morgan fingerprint density at radius 1 is 1.46 bits per heavy atom. The predicted molar refractivity (Wildman–Crippen MR) is 39.4 cm³/mol. The van der Waals surface area contributed by atoms with Crippen LogP contribution in [0.5, 0.6) is 0 Å². The number of carboxylic acids is 1. The second-order valence-electron chi connectivity index (χ2n) is 3.35. The number of hydrogen-bond donors (Lipinski definition) is 0. The van der Waals surface area contributed by atoms with Crippen molar-refractivity contribution in [2.24, 2.45) is 5.41 Å². The summed E-state index contributed by atoms with van der Waals surface area (Å²) < 4.78 is 18.6. The Morgan fingerprint density at radius 2 is 2.08 bits per heavy atom. The van der Waals surface area contributed by atoms with Crippen molar-refractivity contribution in [1.29, 1.82) is 0 Å². The number of hydrogen-bond acceptors (Lipinski definition) is 4. The van der Waals surface area contributed by atoms with E-state index in [1.807, 2.05) is 0 Å². The van der Waals surface area contributed by atoms with E-state index < -0.39 is 17.1 Å². The van der Waals surface area contributed by atoms with Crippen LogP contribution in [0.1, 0.15) is 0 Å². The topological polar surface area (TPSA) is 49.4 Å². The Morgan fingerprint density at radius 3 is 2.38 bits per heavy atom. The van der Waals surface area contributed by atoms with Gasteiger partial charge in [-0.3, -0.25) is 0 Å². The molecule has 0 bridgehead atoms. The first-order valence-electron chi connectivity index (χ1n) is 3.67. The third-order valence-corrected chi connectivity index (χ3v) is 3.96. The summed E-state index contributed by atoms with van der Waals surface area (Å²) in [6.45, 7) is 0.426. The normalized spacial score (nSPS) is 35.2. The van der Waals surface area contributed by atoms with Gasteiger partial charge in [-0.05, 0) is 0 Å². The van der Waals surface area contributed by atoms with Crippen LogP contribution in [0.25, 0.3) is 0 Å². The molecule has 13 heavy (non-hydrogen) atoms. The Balaban J connectivity index is 0.000000845. The van der Waals surface area contributed by atoms with Crippen LogP contribution in [0.15, 0.2) is 0 Å². The van der Waals surface area contributed by atoms with Gasteiger partial charge in [0, 0.05) is 11.5 Å². The summed E-state index contributed by atoms with van der Waals surface area (Å²) >= 11 is 1.32. The van der Waals surface area contributed by atoms with Crippen molar-refractivity contribution in [2.75, 3.05) is 24.7 Å². The van der Waals surface area contributed by atoms with E-state index in [0.29, 0.717) is 5.75 Å². The van der Waals surface area contributed by atoms with Crippen LogP contribution in [-0.2, 0) is 9.53 Å². The average Bonchev–Trinajstić information content (AvgIpc) is 2.26. The molecule has 0 aliphatic carbocycles. The summed E-state index contributed by atoms with van der Waals surface area (Å²) in [5, 5.41) is 10.6. The van der Waals surface area contributed by atoms with E-state index in [0.717, 1.165) is 0 Å². The Bertz CT molecular complexity index is 234. The van der Waals surface area contributed by atoms with Crippen molar-refractivity contribution in [3.8, 4) is 0 Å². The van der Waals surface area contributed by atoms with Crippen LogP contribution < -0.4 is 24.0 Å². The van der Waals surface area contributed by atoms with E-state index in [2.05, 4.69) is 0 Å². The quantitative estimate of drug-likeness (QED) is 0.406. The SMILES string of the molecule is O=C([O-])C1(F)CSCC12COC2.[Li+]. The summed E-state index contributed by atoms with van der Waals surface area (Å²) in [6.07, 6.45) is 0. The molecule has 2 saturated heterocycles. The van der Waals surface area contributed by atoms with E-state index in [1.54, 1.807) is 0 Å². The van der Waals surface area contributed by atoms with Crippen LogP contribution in [0.3, 0.4) is 0 Å². The molecule has 1 spiro atoms. The summed E-state index contributed by atoms with van der Waals surface area (Å²) in [6, 6.07) is 0.